The van der Waals surface area contributed by atoms with Crippen LogP contribution in [-0.2, 0) is 14.3 Å². The summed E-state index contributed by atoms with van der Waals surface area (Å²) < 4.78 is 22.9. The number of anilines is 1. The molecule has 3 rings (SSSR count). The predicted molar refractivity (Wildman–Crippen MR) is 101 cm³/mol. The van der Waals surface area contributed by atoms with E-state index >= 15 is 0 Å². The van der Waals surface area contributed by atoms with Crippen LogP contribution >= 0.6 is 11.8 Å². The van der Waals surface area contributed by atoms with Crippen molar-refractivity contribution in [2.24, 2.45) is 0 Å². The highest BCUT2D eigenvalue weighted by Gasteiger charge is 2.28. The Morgan fingerprint density at radius 3 is 2.54 bits per heavy atom. The van der Waals surface area contributed by atoms with Gasteiger partial charge in [-0.3, -0.25) is 4.79 Å². The summed E-state index contributed by atoms with van der Waals surface area (Å²) in [7, 11) is 1.77. The van der Waals surface area contributed by atoms with Crippen molar-refractivity contribution in [3.63, 3.8) is 0 Å². The second-order valence-electron chi connectivity index (χ2n) is 5.75. The molecule has 0 N–H and O–H groups in total. The minimum atomic E-state index is -0.768. The normalized spacial score (nSPS) is 14.1. The molecule has 0 saturated heterocycles. The van der Waals surface area contributed by atoms with Gasteiger partial charge in [0.2, 0.25) is 5.78 Å². The fourth-order valence-electron chi connectivity index (χ4n) is 2.48. The second kappa shape index (κ2) is 8.59. The summed E-state index contributed by atoms with van der Waals surface area (Å²) in [6.07, 6.45) is 0. The number of carbonyl (C=O) groups excluding carboxylic acids is 2. The van der Waals surface area contributed by atoms with E-state index in [2.05, 4.69) is 0 Å². The molecule has 0 atom stereocenters. The Balaban J connectivity index is 1.58. The SMILES string of the molecule is CN1/C(=C(\C#N)C(=O)COC(=O)COc2ccc(F)cc2)Sc2ccccc21. The number of Topliss-reactive ketones (excluding diaryl/α,β-unsaturated/α-hetero) is 1. The van der Waals surface area contributed by atoms with Crippen LogP contribution < -0.4 is 9.64 Å². The van der Waals surface area contributed by atoms with Gasteiger partial charge in [-0.05, 0) is 36.4 Å². The minimum Gasteiger partial charge on any atom is -0.482 e. The molecular weight excluding hydrogens is 383 g/mol. The lowest BCUT2D eigenvalue weighted by atomic mass is 10.2. The number of thioether (sulfide) groups is 1. The van der Waals surface area contributed by atoms with E-state index < -0.39 is 30.8 Å². The molecule has 28 heavy (non-hydrogen) atoms. The predicted octanol–water partition coefficient (Wildman–Crippen LogP) is 3.29. The number of hydrogen-bond donors (Lipinski definition) is 0. The summed E-state index contributed by atoms with van der Waals surface area (Å²) in [6.45, 7) is -1.000. The van der Waals surface area contributed by atoms with E-state index in [4.69, 9.17) is 9.47 Å². The molecule has 8 heteroatoms. The smallest absolute Gasteiger partial charge is 0.344 e. The summed E-state index contributed by atoms with van der Waals surface area (Å²) in [5.41, 5.74) is 0.823. The molecule has 1 aliphatic rings. The highest BCUT2D eigenvalue weighted by molar-refractivity contribution is 8.03. The summed E-state index contributed by atoms with van der Waals surface area (Å²) in [6, 6.07) is 14.6. The Bertz CT molecular complexity index is 982. The van der Waals surface area contributed by atoms with Crippen LogP contribution in [0.1, 0.15) is 0 Å². The van der Waals surface area contributed by atoms with Gasteiger partial charge in [0, 0.05) is 11.9 Å². The average Bonchev–Trinajstić information content (AvgIpc) is 3.03. The van der Waals surface area contributed by atoms with E-state index in [1.54, 1.807) is 11.9 Å². The number of benzene rings is 2. The summed E-state index contributed by atoms with van der Waals surface area (Å²) in [5, 5.41) is 9.92. The minimum absolute atomic E-state index is 0.0732. The Kier molecular flexibility index (Phi) is 5.96. The quantitative estimate of drug-likeness (QED) is 0.420. The molecule has 0 fully saturated rings. The third-order valence-electron chi connectivity index (χ3n) is 3.88. The van der Waals surface area contributed by atoms with Gasteiger partial charge in [0.05, 0.1) is 5.69 Å². The number of ether oxygens (including phenoxy) is 2. The van der Waals surface area contributed by atoms with Crippen LogP contribution in [0.15, 0.2) is 64.0 Å². The number of para-hydroxylation sites is 1. The first-order chi connectivity index (χ1) is 13.5. The Morgan fingerprint density at radius 1 is 1.14 bits per heavy atom. The van der Waals surface area contributed by atoms with Gasteiger partial charge in [-0.25, -0.2) is 9.18 Å². The lowest BCUT2D eigenvalue weighted by Gasteiger charge is -2.14. The van der Waals surface area contributed by atoms with E-state index in [1.165, 1.54) is 36.0 Å². The number of nitrogens with zero attached hydrogens (tertiary/aromatic N) is 2. The highest BCUT2D eigenvalue weighted by atomic mass is 32.2. The topological polar surface area (TPSA) is 79.6 Å². The fraction of sp³-hybridized carbons (Fsp3) is 0.150. The molecule has 2 aromatic rings. The van der Waals surface area contributed by atoms with Crippen molar-refractivity contribution in [3.8, 4) is 11.8 Å². The molecule has 0 spiro atoms. The second-order valence-corrected chi connectivity index (χ2v) is 6.78. The molecular formula is C20H15FN2O4S. The van der Waals surface area contributed by atoms with Gasteiger partial charge in [0.1, 0.15) is 28.2 Å². The molecule has 0 unspecified atom stereocenters. The number of hydrogen-bond acceptors (Lipinski definition) is 7. The first kappa shape index (κ1) is 19.5. The Morgan fingerprint density at radius 2 is 1.86 bits per heavy atom. The van der Waals surface area contributed by atoms with Gasteiger partial charge in [-0.15, -0.1) is 0 Å². The molecule has 0 amide bonds. The number of nitriles is 1. The third kappa shape index (κ3) is 4.32. The van der Waals surface area contributed by atoms with Crippen LogP contribution in [0.2, 0.25) is 0 Å². The van der Waals surface area contributed by atoms with E-state index in [0.717, 1.165) is 10.6 Å². The number of ketones is 1. The highest BCUT2D eigenvalue weighted by Crippen LogP contribution is 2.46. The number of halogens is 1. The monoisotopic (exact) mass is 398 g/mol. The first-order valence-corrected chi connectivity index (χ1v) is 9.03. The molecule has 0 aliphatic carbocycles. The molecule has 0 bridgehead atoms. The Hall–Kier alpha value is -3.31. The fourth-order valence-corrected chi connectivity index (χ4v) is 3.64. The first-order valence-electron chi connectivity index (χ1n) is 8.21. The molecule has 142 valence electrons. The van der Waals surface area contributed by atoms with Crippen molar-refractivity contribution in [2.45, 2.75) is 4.90 Å². The van der Waals surface area contributed by atoms with Crippen LogP contribution in [0, 0.1) is 17.1 Å². The van der Waals surface area contributed by atoms with Gasteiger partial charge in [-0.1, -0.05) is 23.9 Å². The third-order valence-corrected chi connectivity index (χ3v) is 5.11. The Labute approximate surface area is 165 Å². The molecule has 1 heterocycles. The molecule has 2 aromatic carbocycles. The van der Waals surface area contributed by atoms with Gasteiger partial charge < -0.3 is 14.4 Å². The maximum Gasteiger partial charge on any atom is 0.344 e. The van der Waals surface area contributed by atoms with E-state index in [1.807, 2.05) is 30.3 Å². The maximum absolute atomic E-state index is 12.8. The summed E-state index contributed by atoms with van der Waals surface area (Å²) in [4.78, 5) is 26.9. The standard InChI is InChI=1S/C20H15FN2O4S/c1-23-16-4-2-3-5-18(16)28-20(23)15(10-22)17(24)11-27-19(25)12-26-14-8-6-13(21)7-9-14/h2-9H,11-12H2,1H3/b20-15-. The summed E-state index contributed by atoms with van der Waals surface area (Å²) >= 11 is 1.31. The van der Waals surface area contributed by atoms with Crippen LogP contribution in [-0.4, -0.2) is 32.0 Å². The number of carbonyl (C=O) groups is 2. The number of fused-ring (bicyclic) bond motifs is 1. The van der Waals surface area contributed by atoms with Crippen LogP contribution in [0.3, 0.4) is 0 Å². The number of esters is 1. The lowest BCUT2D eigenvalue weighted by Crippen LogP contribution is -2.22. The summed E-state index contributed by atoms with van der Waals surface area (Å²) in [5.74, 6) is -1.49. The molecule has 0 saturated carbocycles. The van der Waals surface area contributed by atoms with Crippen LogP contribution in [0.4, 0.5) is 10.1 Å². The zero-order chi connectivity index (χ0) is 20.1. The van der Waals surface area contributed by atoms with Gasteiger partial charge in [-0.2, -0.15) is 5.26 Å². The van der Waals surface area contributed by atoms with Crippen molar-refractivity contribution in [1.82, 2.24) is 0 Å². The van der Waals surface area contributed by atoms with E-state index in [0.29, 0.717) is 10.8 Å². The zero-order valence-corrected chi connectivity index (χ0v) is 15.7. The maximum atomic E-state index is 12.8. The average molecular weight is 398 g/mol. The molecule has 0 aromatic heterocycles. The molecule has 1 aliphatic heterocycles. The zero-order valence-electron chi connectivity index (χ0n) is 14.8. The largest absolute Gasteiger partial charge is 0.482 e. The van der Waals surface area contributed by atoms with Gasteiger partial charge in [0.25, 0.3) is 0 Å². The van der Waals surface area contributed by atoms with Crippen LogP contribution in [0.25, 0.3) is 0 Å². The van der Waals surface area contributed by atoms with Gasteiger partial charge in [0.15, 0.2) is 13.2 Å². The molecule has 0 radical (unpaired) electrons. The van der Waals surface area contributed by atoms with Gasteiger partial charge >= 0.3 is 5.97 Å². The van der Waals surface area contributed by atoms with Crippen molar-refractivity contribution in [1.29, 1.82) is 5.26 Å². The van der Waals surface area contributed by atoms with E-state index in [-0.39, 0.29) is 5.57 Å². The lowest BCUT2D eigenvalue weighted by molar-refractivity contribution is -0.149. The molecule has 6 nitrogen and oxygen atoms in total. The van der Waals surface area contributed by atoms with E-state index in [9.17, 15) is 19.2 Å². The van der Waals surface area contributed by atoms with Crippen LogP contribution in [0.5, 0.6) is 5.75 Å². The number of rotatable bonds is 6. The van der Waals surface area contributed by atoms with Crippen molar-refractivity contribution in [2.75, 3.05) is 25.2 Å². The van der Waals surface area contributed by atoms with Crippen molar-refractivity contribution >= 4 is 29.2 Å². The van der Waals surface area contributed by atoms with Crippen molar-refractivity contribution in [3.05, 3.63) is 65.0 Å². The van der Waals surface area contributed by atoms with Crippen molar-refractivity contribution < 1.29 is 23.5 Å².